The summed E-state index contributed by atoms with van der Waals surface area (Å²) in [5.41, 5.74) is 0.865. The fraction of sp³-hybridized carbons (Fsp3) is 0.400. The largest absolute Gasteiger partial charge is 0.462 e. The zero-order valence-electron chi connectivity index (χ0n) is 14.9. The molecule has 0 spiro atoms. The lowest BCUT2D eigenvalue weighted by Gasteiger charge is -2.16. The van der Waals surface area contributed by atoms with Gasteiger partial charge < -0.3 is 10.1 Å². The molecule has 2 aliphatic carbocycles. The SMILES string of the molecule is CCOC(=O)c1ccc(NC(=O)CN2C(=O)[C@H]3[C@H](C2=O)[C@H]2C=C[C@@H]3C2)cc1. The molecule has 4 atom stereocenters. The van der Waals surface area contributed by atoms with Crippen molar-refractivity contribution >= 4 is 29.4 Å². The average molecular weight is 368 g/mol. The predicted octanol–water partition coefficient (Wildman–Crippen LogP) is 1.61. The van der Waals surface area contributed by atoms with Crippen molar-refractivity contribution in [3.63, 3.8) is 0 Å². The number of benzene rings is 1. The number of nitrogens with zero attached hydrogens (tertiary/aromatic N) is 1. The molecular formula is C20H20N2O5. The summed E-state index contributed by atoms with van der Waals surface area (Å²) < 4.78 is 4.91. The van der Waals surface area contributed by atoms with Crippen molar-refractivity contribution < 1.29 is 23.9 Å². The maximum absolute atomic E-state index is 12.6. The molecule has 4 rings (SSSR count). The monoisotopic (exact) mass is 368 g/mol. The number of amides is 3. The second-order valence-electron chi connectivity index (χ2n) is 7.11. The van der Waals surface area contributed by atoms with Gasteiger partial charge in [-0.3, -0.25) is 19.3 Å². The van der Waals surface area contributed by atoms with Crippen LogP contribution in [0.15, 0.2) is 36.4 Å². The van der Waals surface area contributed by atoms with Gasteiger partial charge in [0, 0.05) is 5.69 Å². The van der Waals surface area contributed by atoms with Crippen molar-refractivity contribution in [2.45, 2.75) is 13.3 Å². The Hall–Kier alpha value is -2.96. The van der Waals surface area contributed by atoms with Crippen LogP contribution in [0.4, 0.5) is 5.69 Å². The number of likely N-dealkylation sites (tertiary alicyclic amines) is 1. The van der Waals surface area contributed by atoms with E-state index in [2.05, 4.69) is 5.32 Å². The predicted molar refractivity (Wildman–Crippen MR) is 95.5 cm³/mol. The topological polar surface area (TPSA) is 92.8 Å². The molecule has 2 fully saturated rings. The lowest BCUT2D eigenvalue weighted by Crippen LogP contribution is -2.39. The maximum atomic E-state index is 12.6. The minimum Gasteiger partial charge on any atom is -0.462 e. The number of ether oxygens (including phenoxy) is 1. The zero-order valence-corrected chi connectivity index (χ0v) is 14.9. The molecule has 140 valence electrons. The van der Waals surface area contributed by atoms with Gasteiger partial charge in [0.1, 0.15) is 6.54 Å². The van der Waals surface area contributed by atoms with E-state index in [1.807, 2.05) is 12.2 Å². The summed E-state index contributed by atoms with van der Waals surface area (Å²) in [6.07, 6.45) is 4.90. The Balaban J connectivity index is 1.38. The molecule has 0 aromatic heterocycles. The van der Waals surface area contributed by atoms with Gasteiger partial charge in [0.2, 0.25) is 17.7 Å². The minimum atomic E-state index is -0.444. The van der Waals surface area contributed by atoms with Crippen LogP contribution in [0.25, 0.3) is 0 Å². The zero-order chi connectivity index (χ0) is 19.1. The number of carbonyl (C=O) groups excluding carboxylic acids is 4. The molecule has 1 saturated carbocycles. The van der Waals surface area contributed by atoms with E-state index >= 15 is 0 Å². The van der Waals surface area contributed by atoms with Crippen molar-refractivity contribution in [1.29, 1.82) is 0 Å². The fourth-order valence-corrected chi connectivity index (χ4v) is 4.37. The number of anilines is 1. The molecule has 7 nitrogen and oxygen atoms in total. The molecule has 3 amide bonds. The molecule has 1 aliphatic heterocycles. The molecule has 1 heterocycles. The second kappa shape index (κ2) is 6.64. The standard InChI is InChI=1S/C20H20N2O5/c1-2-27-20(26)11-5-7-14(8-6-11)21-15(23)10-22-18(24)16-12-3-4-13(9-12)17(16)19(22)25/h3-8,12-13,16-17H,2,9-10H2,1H3,(H,21,23)/t12-,13+,16-,17-/m1/s1. The van der Waals surface area contributed by atoms with Crippen molar-refractivity contribution in [2.24, 2.45) is 23.7 Å². The normalized spacial score (nSPS) is 27.8. The van der Waals surface area contributed by atoms with Gasteiger partial charge in [0.25, 0.3) is 0 Å². The molecular weight excluding hydrogens is 348 g/mol. The van der Waals surface area contributed by atoms with Gasteiger partial charge in [-0.1, -0.05) is 12.2 Å². The fourth-order valence-electron chi connectivity index (χ4n) is 4.37. The van der Waals surface area contributed by atoms with Gasteiger partial charge in [0.15, 0.2) is 0 Å². The van der Waals surface area contributed by atoms with Gasteiger partial charge >= 0.3 is 5.97 Å². The van der Waals surface area contributed by atoms with E-state index in [0.29, 0.717) is 11.3 Å². The smallest absolute Gasteiger partial charge is 0.338 e. The lowest BCUT2D eigenvalue weighted by atomic mass is 9.85. The first kappa shape index (κ1) is 17.5. The van der Waals surface area contributed by atoms with E-state index in [1.165, 1.54) is 0 Å². The van der Waals surface area contributed by atoms with Crippen LogP contribution in [0.1, 0.15) is 23.7 Å². The van der Waals surface area contributed by atoms with Crippen LogP contribution in [0, 0.1) is 23.7 Å². The van der Waals surface area contributed by atoms with Crippen LogP contribution in [0.2, 0.25) is 0 Å². The third kappa shape index (κ3) is 2.93. The second-order valence-corrected chi connectivity index (χ2v) is 7.11. The maximum Gasteiger partial charge on any atom is 0.338 e. The van der Waals surface area contributed by atoms with Crippen molar-refractivity contribution in [3.8, 4) is 0 Å². The number of hydrogen-bond donors (Lipinski definition) is 1. The Labute approximate surface area is 156 Å². The van der Waals surface area contributed by atoms with Crippen LogP contribution in [-0.4, -0.2) is 41.7 Å². The van der Waals surface area contributed by atoms with E-state index in [-0.39, 0.29) is 48.6 Å². The number of fused-ring (bicyclic) bond motifs is 5. The molecule has 0 radical (unpaired) electrons. The molecule has 2 bridgehead atoms. The molecule has 3 aliphatic rings. The van der Waals surface area contributed by atoms with Gasteiger partial charge in [-0.2, -0.15) is 0 Å². The van der Waals surface area contributed by atoms with Crippen LogP contribution in [-0.2, 0) is 19.1 Å². The van der Waals surface area contributed by atoms with Crippen LogP contribution in [0.5, 0.6) is 0 Å². The minimum absolute atomic E-state index is 0.125. The van der Waals surface area contributed by atoms with Gasteiger partial charge in [-0.05, 0) is 49.4 Å². The Kier molecular flexibility index (Phi) is 4.30. The highest BCUT2D eigenvalue weighted by Crippen LogP contribution is 2.52. The molecule has 27 heavy (non-hydrogen) atoms. The van der Waals surface area contributed by atoms with Crippen LogP contribution >= 0.6 is 0 Å². The molecule has 7 heteroatoms. The number of allylic oxidation sites excluding steroid dienone is 2. The van der Waals surface area contributed by atoms with E-state index in [4.69, 9.17) is 4.74 Å². The summed E-state index contributed by atoms with van der Waals surface area (Å²) in [4.78, 5) is 50.2. The Morgan fingerprint density at radius 2 is 1.67 bits per heavy atom. The first-order valence-corrected chi connectivity index (χ1v) is 9.10. The average Bonchev–Trinajstić information content (AvgIpc) is 3.32. The highest BCUT2D eigenvalue weighted by atomic mass is 16.5. The Morgan fingerprint density at radius 3 is 2.22 bits per heavy atom. The number of hydrogen-bond acceptors (Lipinski definition) is 5. The van der Waals surface area contributed by atoms with Crippen molar-refractivity contribution in [2.75, 3.05) is 18.5 Å². The first-order chi connectivity index (χ1) is 13.0. The third-order valence-electron chi connectivity index (χ3n) is 5.54. The van der Waals surface area contributed by atoms with E-state index in [9.17, 15) is 19.2 Å². The molecule has 0 unspecified atom stereocenters. The summed E-state index contributed by atoms with van der Waals surface area (Å²) in [7, 11) is 0. The van der Waals surface area contributed by atoms with Crippen molar-refractivity contribution in [1.82, 2.24) is 4.90 Å². The molecule has 1 N–H and O–H groups in total. The molecule has 1 saturated heterocycles. The summed E-state index contributed by atoms with van der Waals surface area (Å²) in [6.45, 7) is 1.72. The lowest BCUT2D eigenvalue weighted by molar-refractivity contribution is -0.143. The number of imide groups is 1. The number of rotatable bonds is 5. The highest BCUT2D eigenvalue weighted by molar-refractivity contribution is 6.09. The summed E-state index contributed by atoms with van der Waals surface area (Å²) >= 11 is 0. The summed E-state index contributed by atoms with van der Waals surface area (Å²) in [5, 5.41) is 2.66. The third-order valence-corrected chi connectivity index (χ3v) is 5.54. The number of esters is 1. The highest BCUT2D eigenvalue weighted by Gasteiger charge is 2.59. The number of nitrogens with one attached hydrogen (secondary N) is 1. The van der Waals surface area contributed by atoms with Gasteiger partial charge in [0.05, 0.1) is 24.0 Å². The van der Waals surface area contributed by atoms with Crippen molar-refractivity contribution in [3.05, 3.63) is 42.0 Å². The van der Waals surface area contributed by atoms with E-state index in [0.717, 1.165) is 11.3 Å². The molecule has 1 aromatic carbocycles. The van der Waals surface area contributed by atoms with Gasteiger partial charge in [-0.25, -0.2) is 4.79 Å². The first-order valence-electron chi connectivity index (χ1n) is 9.10. The van der Waals surface area contributed by atoms with Gasteiger partial charge in [-0.15, -0.1) is 0 Å². The number of carbonyl (C=O) groups is 4. The van der Waals surface area contributed by atoms with Crippen LogP contribution < -0.4 is 5.32 Å². The molecule has 1 aromatic rings. The van der Waals surface area contributed by atoms with E-state index < -0.39 is 11.9 Å². The summed E-state index contributed by atoms with van der Waals surface area (Å²) in [6, 6.07) is 6.26. The summed E-state index contributed by atoms with van der Waals surface area (Å²) in [5.74, 6) is -1.71. The van der Waals surface area contributed by atoms with Crippen LogP contribution in [0.3, 0.4) is 0 Å². The Bertz CT molecular complexity index is 814. The quantitative estimate of drug-likeness (QED) is 0.484. The van der Waals surface area contributed by atoms with E-state index in [1.54, 1.807) is 31.2 Å². The Morgan fingerprint density at radius 1 is 1.07 bits per heavy atom.